The van der Waals surface area contributed by atoms with Crippen LogP contribution in [0.4, 0.5) is 18.9 Å². The lowest BCUT2D eigenvalue weighted by Gasteiger charge is -2.20. The van der Waals surface area contributed by atoms with E-state index in [2.05, 4.69) is 0 Å². The van der Waals surface area contributed by atoms with Crippen LogP contribution in [0, 0.1) is 10.1 Å². The van der Waals surface area contributed by atoms with Gasteiger partial charge in [0.2, 0.25) is 0 Å². The number of nitrogens with zero attached hydrogens (tertiary/aromatic N) is 2. The first-order valence-electron chi connectivity index (χ1n) is 7.48. The number of nitro benzene ring substituents is 1. The molecule has 2 rings (SSSR count). The molecule has 0 spiro atoms. The molecule has 0 atom stereocenters. The van der Waals surface area contributed by atoms with Crippen LogP contribution in [0.2, 0.25) is 0 Å². The highest BCUT2D eigenvalue weighted by molar-refractivity contribution is 5.37. The number of non-ortho nitro benzene ring substituents is 1. The Bertz CT molecular complexity index is 735. The number of hydrogen-bond donors (Lipinski definition) is 0. The molecule has 25 heavy (non-hydrogen) atoms. The maximum absolute atomic E-state index is 13.0. The first-order valence-corrected chi connectivity index (χ1v) is 7.48. The van der Waals surface area contributed by atoms with Crippen molar-refractivity contribution in [3.05, 3.63) is 69.8 Å². The Labute approximate surface area is 142 Å². The van der Waals surface area contributed by atoms with Crippen molar-refractivity contribution in [2.45, 2.75) is 12.7 Å². The van der Waals surface area contributed by atoms with E-state index in [4.69, 9.17) is 4.74 Å². The highest BCUT2D eigenvalue weighted by Gasteiger charge is 2.32. The fourth-order valence-electron chi connectivity index (χ4n) is 2.31. The van der Waals surface area contributed by atoms with Crippen LogP contribution >= 0.6 is 0 Å². The third-order valence-corrected chi connectivity index (χ3v) is 3.53. The van der Waals surface area contributed by atoms with Crippen molar-refractivity contribution in [3.63, 3.8) is 0 Å². The van der Waals surface area contributed by atoms with Crippen LogP contribution in [0.25, 0.3) is 0 Å². The largest absolute Gasteiger partial charge is 0.492 e. The fourth-order valence-corrected chi connectivity index (χ4v) is 2.31. The minimum atomic E-state index is -4.39. The van der Waals surface area contributed by atoms with Crippen molar-refractivity contribution in [2.75, 3.05) is 20.2 Å². The van der Waals surface area contributed by atoms with Crippen molar-refractivity contribution < 1.29 is 22.8 Å². The van der Waals surface area contributed by atoms with Crippen molar-refractivity contribution in [1.82, 2.24) is 4.90 Å². The van der Waals surface area contributed by atoms with Crippen molar-refractivity contribution in [2.24, 2.45) is 0 Å². The standard InChI is InChI=1S/C17H17F3N2O3/c1-21(12-13-5-2-3-8-16(13)17(18,19)20)9-10-25-15-7-4-6-14(11-15)22(23)24/h2-8,11H,9-10,12H2,1H3. The molecule has 0 radical (unpaired) electrons. The maximum atomic E-state index is 13.0. The van der Waals surface area contributed by atoms with Crippen LogP contribution in [0.15, 0.2) is 48.5 Å². The molecule has 0 aliphatic heterocycles. The minimum absolute atomic E-state index is 0.0787. The summed E-state index contributed by atoms with van der Waals surface area (Å²) in [6.07, 6.45) is -4.39. The van der Waals surface area contributed by atoms with Crippen molar-refractivity contribution in [1.29, 1.82) is 0 Å². The smallest absolute Gasteiger partial charge is 0.416 e. The van der Waals surface area contributed by atoms with Gasteiger partial charge in [0.15, 0.2) is 0 Å². The molecule has 0 N–H and O–H groups in total. The number of ether oxygens (including phenoxy) is 1. The Hall–Kier alpha value is -2.61. The molecule has 0 unspecified atom stereocenters. The first-order chi connectivity index (χ1) is 11.8. The van der Waals surface area contributed by atoms with Crippen molar-refractivity contribution >= 4 is 5.69 Å². The van der Waals surface area contributed by atoms with Crippen LogP contribution in [0.3, 0.4) is 0 Å². The third kappa shape index (κ3) is 5.46. The van der Waals surface area contributed by atoms with Gasteiger partial charge in [-0.1, -0.05) is 24.3 Å². The Morgan fingerprint density at radius 2 is 1.88 bits per heavy atom. The SMILES string of the molecule is CN(CCOc1cccc([N+](=O)[O-])c1)Cc1ccccc1C(F)(F)F. The van der Waals surface area contributed by atoms with E-state index < -0.39 is 16.7 Å². The second-order valence-corrected chi connectivity index (χ2v) is 5.50. The van der Waals surface area contributed by atoms with Gasteiger partial charge in [-0.25, -0.2) is 0 Å². The predicted octanol–water partition coefficient (Wildman–Crippen LogP) is 4.12. The molecule has 0 aliphatic carbocycles. The van der Waals surface area contributed by atoms with Gasteiger partial charge in [-0.3, -0.25) is 15.0 Å². The molecule has 0 aliphatic rings. The lowest BCUT2D eigenvalue weighted by Crippen LogP contribution is -2.25. The van der Waals surface area contributed by atoms with Gasteiger partial charge in [0.25, 0.3) is 5.69 Å². The van der Waals surface area contributed by atoms with Crippen molar-refractivity contribution in [3.8, 4) is 5.75 Å². The van der Waals surface area contributed by atoms with Crippen LogP contribution < -0.4 is 4.74 Å². The maximum Gasteiger partial charge on any atom is 0.416 e. The predicted molar refractivity (Wildman–Crippen MR) is 86.4 cm³/mol. The molecular formula is C17H17F3N2O3. The van der Waals surface area contributed by atoms with Gasteiger partial charge in [0, 0.05) is 19.2 Å². The molecule has 0 aromatic heterocycles. The monoisotopic (exact) mass is 354 g/mol. The normalized spacial score (nSPS) is 11.6. The summed E-state index contributed by atoms with van der Waals surface area (Å²) in [4.78, 5) is 11.9. The van der Waals surface area contributed by atoms with Gasteiger partial charge in [-0.15, -0.1) is 0 Å². The van der Waals surface area contributed by atoms with E-state index >= 15 is 0 Å². The lowest BCUT2D eigenvalue weighted by molar-refractivity contribution is -0.384. The molecule has 0 fully saturated rings. The molecule has 0 saturated carbocycles. The summed E-state index contributed by atoms with van der Waals surface area (Å²) in [6.45, 7) is 0.689. The quantitative estimate of drug-likeness (QED) is 0.554. The van der Waals surface area contributed by atoms with Crippen LogP contribution in [-0.2, 0) is 12.7 Å². The molecule has 5 nitrogen and oxygen atoms in total. The van der Waals surface area contributed by atoms with Gasteiger partial charge in [0.1, 0.15) is 12.4 Å². The van der Waals surface area contributed by atoms with E-state index in [1.807, 2.05) is 0 Å². The zero-order valence-corrected chi connectivity index (χ0v) is 13.5. The summed E-state index contributed by atoms with van der Waals surface area (Å²) >= 11 is 0. The molecule has 0 bridgehead atoms. The topological polar surface area (TPSA) is 55.6 Å². The summed E-state index contributed by atoms with van der Waals surface area (Å²) < 4.78 is 44.4. The molecule has 134 valence electrons. The zero-order valence-electron chi connectivity index (χ0n) is 13.5. The Morgan fingerprint density at radius 1 is 1.16 bits per heavy atom. The first kappa shape index (κ1) is 18.7. The number of alkyl halides is 3. The van der Waals surface area contributed by atoms with Crippen LogP contribution in [-0.4, -0.2) is 30.0 Å². The molecule has 0 heterocycles. The van der Waals surface area contributed by atoms with E-state index in [0.29, 0.717) is 12.3 Å². The number of nitro groups is 1. The van der Waals surface area contributed by atoms with Crippen LogP contribution in [0.1, 0.15) is 11.1 Å². The van der Waals surface area contributed by atoms with E-state index in [9.17, 15) is 23.3 Å². The molecule has 2 aromatic carbocycles. The number of hydrogen-bond acceptors (Lipinski definition) is 4. The Kier molecular flexibility index (Phi) is 5.97. The molecule has 0 amide bonds. The molecule has 2 aromatic rings. The second-order valence-electron chi connectivity index (χ2n) is 5.50. The van der Waals surface area contributed by atoms with Gasteiger partial charge < -0.3 is 4.74 Å². The Morgan fingerprint density at radius 3 is 2.56 bits per heavy atom. The van der Waals surface area contributed by atoms with E-state index in [1.165, 1.54) is 30.3 Å². The van der Waals surface area contributed by atoms with E-state index in [-0.39, 0.29) is 24.4 Å². The van der Waals surface area contributed by atoms with Gasteiger partial charge >= 0.3 is 6.18 Å². The number of rotatable bonds is 7. The fraction of sp³-hybridized carbons (Fsp3) is 0.294. The summed E-state index contributed by atoms with van der Waals surface area (Å²) in [5.41, 5.74) is -0.542. The summed E-state index contributed by atoms with van der Waals surface area (Å²) in [7, 11) is 1.68. The number of likely N-dealkylation sites (N-methyl/N-ethyl adjacent to an activating group) is 1. The molecule has 0 saturated heterocycles. The summed E-state index contributed by atoms with van der Waals surface area (Å²) in [5, 5.41) is 10.7. The number of benzene rings is 2. The lowest BCUT2D eigenvalue weighted by atomic mass is 10.1. The van der Waals surface area contributed by atoms with Gasteiger partial charge in [-0.2, -0.15) is 13.2 Å². The molecule has 8 heteroatoms. The van der Waals surface area contributed by atoms with E-state index in [0.717, 1.165) is 6.07 Å². The average molecular weight is 354 g/mol. The van der Waals surface area contributed by atoms with Gasteiger partial charge in [-0.05, 0) is 24.7 Å². The Balaban J connectivity index is 1.91. The summed E-state index contributed by atoms with van der Waals surface area (Å²) in [5.74, 6) is 0.346. The summed E-state index contributed by atoms with van der Waals surface area (Å²) in [6, 6.07) is 11.2. The average Bonchev–Trinajstić information content (AvgIpc) is 2.54. The van der Waals surface area contributed by atoms with E-state index in [1.54, 1.807) is 24.1 Å². The van der Waals surface area contributed by atoms with Crippen LogP contribution in [0.5, 0.6) is 5.75 Å². The minimum Gasteiger partial charge on any atom is -0.492 e. The highest BCUT2D eigenvalue weighted by atomic mass is 19.4. The third-order valence-electron chi connectivity index (χ3n) is 3.53. The zero-order chi connectivity index (χ0) is 18.4. The molecular weight excluding hydrogens is 337 g/mol. The highest BCUT2D eigenvalue weighted by Crippen LogP contribution is 2.32. The second kappa shape index (κ2) is 7.98. The number of halogens is 3. The van der Waals surface area contributed by atoms with Gasteiger partial charge in [0.05, 0.1) is 16.6 Å².